The molecule has 2 rings (SSSR count). The third kappa shape index (κ3) is 4.64. The summed E-state index contributed by atoms with van der Waals surface area (Å²) >= 11 is 0. The van der Waals surface area contributed by atoms with E-state index in [4.69, 9.17) is 4.74 Å². The first-order valence-electron chi connectivity index (χ1n) is 5.99. The number of benzene rings is 1. The van der Waals surface area contributed by atoms with Gasteiger partial charge < -0.3 is 15.4 Å². The maximum atomic E-state index is 11.7. The van der Waals surface area contributed by atoms with Crippen molar-refractivity contribution in [3.63, 3.8) is 0 Å². The lowest BCUT2D eigenvalue weighted by atomic mass is 10.1. The number of carbonyl (C=O) groups is 1. The first-order chi connectivity index (χ1) is 8.36. The highest BCUT2D eigenvalue weighted by Gasteiger charge is 2.20. The first-order valence-corrected chi connectivity index (χ1v) is 5.99. The maximum absolute atomic E-state index is 11.7. The van der Waals surface area contributed by atoms with Gasteiger partial charge in [-0.15, -0.1) is 12.4 Å². The van der Waals surface area contributed by atoms with E-state index < -0.39 is 0 Å². The van der Waals surface area contributed by atoms with Gasteiger partial charge in [0, 0.05) is 13.1 Å². The van der Waals surface area contributed by atoms with Gasteiger partial charge in [-0.05, 0) is 12.0 Å². The lowest BCUT2D eigenvalue weighted by molar-refractivity contribution is -0.125. The summed E-state index contributed by atoms with van der Waals surface area (Å²) < 4.78 is 5.24. The van der Waals surface area contributed by atoms with Gasteiger partial charge in [0.05, 0.1) is 13.2 Å². The molecule has 1 aromatic rings. The van der Waals surface area contributed by atoms with Crippen LogP contribution in [0.25, 0.3) is 0 Å². The second-order valence-corrected chi connectivity index (χ2v) is 4.11. The Labute approximate surface area is 114 Å². The number of nitrogens with one attached hydrogen (secondary N) is 2. The van der Waals surface area contributed by atoms with Crippen LogP contribution in [-0.4, -0.2) is 38.3 Å². The highest BCUT2D eigenvalue weighted by atomic mass is 35.5. The zero-order valence-electron chi connectivity index (χ0n) is 10.2. The Morgan fingerprint density at radius 3 is 2.83 bits per heavy atom. The predicted octanol–water partition coefficient (Wildman–Crippen LogP) is 0.755. The Bertz CT molecular complexity index is 353. The molecule has 5 heteroatoms. The Balaban J connectivity index is 0.00000162. The average Bonchev–Trinajstić information content (AvgIpc) is 2.41. The maximum Gasteiger partial charge on any atom is 0.239 e. The van der Waals surface area contributed by atoms with Crippen molar-refractivity contribution in [2.75, 3.05) is 26.3 Å². The first kappa shape index (κ1) is 15.0. The van der Waals surface area contributed by atoms with Gasteiger partial charge in [-0.1, -0.05) is 30.3 Å². The lowest BCUT2D eigenvalue weighted by Crippen LogP contribution is -2.51. The van der Waals surface area contributed by atoms with Gasteiger partial charge in [-0.2, -0.15) is 0 Å². The molecule has 1 fully saturated rings. The zero-order chi connectivity index (χ0) is 11.9. The van der Waals surface area contributed by atoms with Crippen LogP contribution in [0.3, 0.4) is 0 Å². The minimum atomic E-state index is -0.195. The second-order valence-electron chi connectivity index (χ2n) is 4.11. The quantitative estimate of drug-likeness (QED) is 0.849. The van der Waals surface area contributed by atoms with Crippen LogP contribution in [0.2, 0.25) is 0 Å². The third-order valence-electron chi connectivity index (χ3n) is 2.79. The van der Waals surface area contributed by atoms with Crippen LogP contribution in [-0.2, 0) is 16.0 Å². The number of rotatable bonds is 4. The largest absolute Gasteiger partial charge is 0.378 e. The molecule has 0 radical (unpaired) electrons. The van der Waals surface area contributed by atoms with E-state index in [1.165, 1.54) is 5.56 Å². The average molecular weight is 271 g/mol. The minimum absolute atomic E-state index is 0. The van der Waals surface area contributed by atoms with Crippen molar-refractivity contribution in [1.82, 2.24) is 10.6 Å². The highest BCUT2D eigenvalue weighted by molar-refractivity contribution is 5.85. The van der Waals surface area contributed by atoms with Crippen molar-refractivity contribution >= 4 is 18.3 Å². The molecule has 0 bridgehead atoms. The van der Waals surface area contributed by atoms with Gasteiger partial charge in [0.15, 0.2) is 0 Å². The highest BCUT2D eigenvalue weighted by Crippen LogP contribution is 1.98. The van der Waals surface area contributed by atoms with Crippen molar-refractivity contribution < 1.29 is 9.53 Å². The van der Waals surface area contributed by atoms with Crippen LogP contribution in [0.5, 0.6) is 0 Å². The molecule has 0 aromatic heterocycles. The lowest BCUT2D eigenvalue weighted by Gasteiger charge is -2.22. The van der Waals surface area contributed by atoms with Gasteiger partial charge in [-0.3, -0.25) is 4.79 Å². The third-order valence-corrected chi connectivity index (χ3v) is 2.79. The molecule has 1 heterocycles. The summed E-state index contributed by atoms with van der Waals surface area (Å²) in [5.41, 5.74) is 1.24. The number of carbonyl (C=O) groups excluding carboxylic acids is 1. The fourth-order valence-electron chi connectivity index (χ4n) is 1.83. The molecule has 18 heavy (non-hydrogen) atoms. The Morgan fingerprint density at radius 1 is 1.39 bits per heavy atom. The summed E-state index contributed by atoms with van der Waals surface area (Å²) in [6, 6.07) is 9.94. The molecular weight excluding hydrogens is 252 g/mol. The van der Waals surface area contributed by atoms with E-state index in [2.05, 4.69) is 22.8 Å². The molecule has 1 saturated heterocycles. The van der Waals surface area contributed by atoms with Gasteiger partial charge in [0.2, 0.25) is 5.91 Å². The van der Waals surface area contributed by atoms with E-state index in [0.717, 1.165) is 13.0 Å². The number of hydrogen-bond donors (Lipinski definition) is 2. The fraction of sp³-hybridized carbons (Fsp3) is 0.462. The monoisotopic (exact) mass is 270 g/mol. The molecule has 0 aliphatic carbocycles. The molecule has 1 aliphatic heterocycles. The summed E-state index contributed by atoms with van der Waals surface area (Å²) in [5, 5.41) is 6.05. The van der Waals surface area contributed by atoms with Crippen molar-refractivity contribution in [3.8, 4) is 0 Å². The van der Waals surface area contributed by atoms with Gasteiger partial charge >= 0.3 is 0 Å². The second kappa shape index (κ2) is 8.08. The van der Waals surface area contributed by atoms with Gasteiger partial charge in [0.25, 0.3) is 0 Å². The molecule has 0 spiro atoms. The predicted molar refractivity (Wildman–Crippen MR) is 73.0 cm³/mol. The minimum Gasteiger partial charge on any atom is -0.378 e. The van der Waals surface area contributed by atoms with Crippen LogP contribution < -0.4 is 10.6 Å². The number of hydrogen-bond acceptors (Lipinski definition) is 3. The van der Waals surface area contributed by atoms with E-state index >= 15 is 0 Å². The summed E-state index contributed by atoms with van der Waals surface area (Å²) in [4.78, 5) is 11.7. The van der Waals surface area contributed by atoms with Gasteiger partial charge in [-0.25, -0.2) is 0 Å². The van der Waals surface area contributed by atoms with Crippen LogP contribution in [0.1, 0.15) is 5.56 Å². The summed E-state index contributed by atoms with van der Waals surface area (Å²) in [7, 11) is 0. The molecule has 1 aromatic carbocycles. The molecular formula is C13H19ClN2O2. The molecule has 0 saturated carbocycles. The fourth-order valence-corrected chi connectivity index (χ4v) is 1.83. The normalized spacial score (nSPS) is 18.8. The Kier molecular flexibility index (Phi) is 6.72. The van der Waals surface area contributed by atoms with Gasteiger partial charge in [0.1, 0.15) is 6.04 Å². The van der Waals surface area contributed by atoms with Crippen molar-refractivity contribution in [2.24, 2.45) is 0 Å². The molecule has 1 amide bonds. The summed E-state index contributed by atoms with van der Waals surface area (Å²) in [5.74, 6) is 0.0284. The summed E-state index contributed by atoms with van der Waals surface area (Å²) in [6.07, 6.45) is 0.861. The standard InChI is InChI=1S/C13H18N2O2.ClH/c16-13(12-10-17-9-8-14-12)15-7-6-11-4-2-1-3-5-11;/h1-5,12,14H,6-10H2,(H,15,16);1H. The molecule has 4 nitrogen and oxygen atoms in total. The smallest absolute Gasteiger partial charge is 0.239 e. The van der Waals surface area contributed by atoms with Crippen LogP contribution in [0.15, 0.2) is 30.3 Å². The number of amides is 1. The van der Waals surface area contributed by atoms with Crippen LogP contribution >= 0.6 is 12.4 Å². The number of halogens is 1. The van der Waals surface area contributed by atoms with Crippen molar-refractivity contribution in [1.29, 1.82) is 0 Å². The molecule has 2 N–H and O–H groups in total. The molecule has 100 valence electrons. The van der Waals surface area contributed by atoms with Crippen LogP contribution in [0.4, 0.5) is 0 Å². The van der Waals surface area contributed by atoms with E-state index in [9.17, 15) is 4.79 Å². The SMILES string of the molecule is Cl.O=C(NCCc1ccccc1)C1COCCN1. The number of morpholine rings is 1. The zero-order valence-corrected chi connectivity index (χ0v) is 11.0. The Morgan fingerprint density at radius 2 is 2.17 bits per heavy atom. The van der Waals surface area contributed by atoms with Crippen molar-refractivity contribution in [3.05, 3.63) is 35.9 Å². The van der Waals surface area contributed by atoms with Crippen LogP contribution in [0, 0.1) is 0 Å². The molecule has 1 aliphatic rings. The van der Waals surface area contributed by atoms with E-state index in [1.54, 1.807) is 0 Å². The van der Waals surface area contributed by atoms with E-state index in [0.29, 0.717) is 19.8 Å². The number of ether oxygens (including phenoxy) is 1. The summed E-state index contributed by atoms with van der Waals surface area (Å²) in [6.45, 7) is 2.57. The van der Waals surface area contributed by atoms with E-state index in [1.807, 2.05) is 18.2 Å². The molecule has 1 unspecified atom stereocenters. The molecule has 1 atom stereocenters. The van der Waals surface area contributed by atoms with E-state index in [-0.39, 0.29) is 24.4 Å². The Hall–Kier alpha value is -1.10. The van der Waals surface area contributed by atoms with Crippen molar-refractivity contribution in [2.45, 2.75) is 12.5 Å². The topological polar surface area (TPSA) is 50.4 Å².